The maximum Gasteiger partial charge on any atom is 0.347 e. The van der Waals surface area contributed by atoms with E-state index in [1.54, 1.807) is 0 Å². The summed E-state index contributed by atoms with van der Waals surface area (Å²) in [7, 11) is 0. The minimum Gasteiger partial charge on any atom is -0.477 e. The van der Waals surface area contributed by atoms with Crippen molar-refractivity contribution in [2.24, 2.45) is 0 Å². The van der Waals surface area contributed by atoms with Crippen molar-refractivity contribution in [3.8, 4) is 0 Å². The van der Waals surface area contributed by atoms with Crippen LogP contribution >= 0.6 is 11.3 Å². The number of carboxylic acid groups (broad SMARTS) is 1. The van der Waals surface area contributed by atoms with E-state index in [0.717, 1.165) is 16.3 Å². The second-order valence-corrected chi connectivity index (χ2v) is 6.04. The number of rotatable bonds is 2. The quantitative estimate of drug-likeness (QED) is 0.894. The Morgan fingerprint density at radius 1 is 1.53 bits per heavy atom. The van der Waals surface area contributed by atoms with Crippen molar-refractivity contribution in [2.45, 2.75) is 39.5 Å². The van der Waals surface area contributed by atoms with Crippen LogP contribution < -0.4 is 0 Å². The molecule has 2 heterocycles. The van der Waals surface area contributed by atoms with Gasteiger partial charge in [-0.3, -0.25) is 4.40 Å². The standard InChI is InChI=1S/C12H16N2O2S/c1-5-7-9(10(15)16)17-11-13-8(6-14(7)11)12(2,3)4/h6H,5H2,1-4H3,(H,15,16). The molecule has 2 aromatic rings. The molecule has 0 atom stereocenters. The fourth-order valence-corrected chi connectivity index (χ4v) is 2.78. The van der Waals surface area contributed by atoms with Gasteiger partial charge in [0.25, 0.3) is 0 Å². The first-order valence-corrected chi connectivity index (χ1v) is 6.40. The summed E-state index contributed by atoms with van der Waals surface area (Å²) in [6, 6.07) is 0. The molecule has 0 aliphatic rings. The van der Waals surface area contributed by atoms with Gasteiger partial charge in [-0.15, -0.1) is 0 Å². The second kappa shape index (κ2) is 3.84. The molecular weight excluding hydrogens is 236 g/mol. The van der Waals surface area contributed by atoms with E-state index >= 15 is 0 Å². The van der Waals surface area contributed by atoms with Gasteiger partial charge in [0.1, 0.15) is 4.88 Å². The van der Waals surface area contributed by atoms with Crippen LogP contribution in [0, 0.1) is 0 Å². The summed E-state index contributed by atoms with van der Waals surface area (Å²) in [4.78, 5) is 16.8. The van der Waals surface area contributed by atoms with Crippen LogP contribution in [0.2, 0.25) is 0 Å². The largest absolute Gasteiger partial charge is 0.477 e. The molecule has 0 aliphatic carbocycles. The van der Waals surface area contributed by atoms with E-state index in [2.05, 4.69) is 25.8 Å². The SMILES string of the molecule is CCc1c(C(=O)O)sc2nc(C(C)(C)C)cn12. The fourth-order valence-electron chi connectivity index (χ4n) is 1.75. The van der Waals surface area contributed by atoms with E-state index < -0.39 is 5.97 Å². The molecule has 0 fully saturated rings. The van der Waals surface area contributed by atoms with E-state index in [1.165, 1.54) is 11.3 Å². The van der Waals surface area contributed by atoms with Crippen molar-refractivity contribution in [3.05, 3.63) is 22.5 Å². The van der Waals surface area contributed by atoms with E-state index in [0.29, 0.717) is 11.3 Å². The van der Waals surface area contributed by atoms with Crippen molar-refractivity contribution < 1.29 is 9.90 Å². The highest BCUT2D eigenvalue weighted by Gasteiger charge is 2.22. The number of imidazole rings is 1. The first-order chi connectivity index (χ1) is 7.84. The Morgan fingerprint density at radius 3 is 2.65 bits per heavy atom. The zero-order valence-corrected chi connectivity index (χ0v) is 11.3. The number of hydrogen-bond donors (Lipinski definition) is 1. The third kappa shape index (κ3) is 1.95. The van der Waals surface area contributed by atoms with Gasteiger partial charge in [-0.2, -0.15) is 0 Å². The molecule has 0 amide bonds. The van der Waals surface area contributed by atoms with Gasteiger partial charge >= 0.3 is 5.97 Å². The molecule has 5 heteroatoms. The van der Waals surface area contributed by atoms with Crippen LogP contribution in [0.1, 0.15) is 48.8 Å². The van der Waals surface area contributed by atoms with Crippen LogP contribution in [0.25, 0.3) is 4.96 Å². The van der Waals surface area contributed by atoms with Crippen molar-refractivity contribution in [1.82, 2.24) is 9.38 Å². The van der Waals surface area contributed by atoms with E-state index in [9.17, 15) is 4.79 Å². The Labute approximate surface area is 104 Å². The van der Waals surface area contributed by atoms with Gasteiger partial charge in [0.2, 0.25) is 0 Å². The Balaban J connectivity index is 2.65. The highest BCUT2D eigenvalue weighted by atomic mass is 32.1. The topological polar surface area (TPSA) is 54.6 Å². The van der Waals surface area contributed by atoms with Gasteiger partial charge in [-0.05, 0) is 6.42 Å². The first kappa shape index (κ1) is 12.1. The minimum atomic E-state index is -0.866. The van der Waals surface area contributed by atoms with Gasteiger partial charge in [0.05, 0.1) is 5.69 Å². The van der Waals surface area contributed by atoms with Crippen molar-refractivity contribution >= 4 is 22.3 Å². The Hall–Kier alpha value is -1.36. The van der Waals surface area contributed by atoms with Gasteiger partial charge in [-0.25, -0.2) is 9.78 Å². The number of aryl methyl sites for hydroxylation is 1. The molecule has 0 bridgehead atoms. The molecule has 0 saturated heterocycles. The molecule has 4 nitrogen and oxygen atoms in total. The summed E-state index contributed by atoms with van der Waals surface area (Å²) in [6.07, 6.45) is 2.65. The molecule has 92 valence electrons. The lowest BCUT2D eigenvalue weighted by Crippen LogP contribution is -2.11. The maximum absolute atomic E-state index is 11.1. The number of nitrogens with zero attached hydrogens (tertiary/aromatic N) is 2. The number of fused-ring (bicyclic) bond motifs is 1. The predicted molar refractivity (Wildman–Crippen MR) is 68.1 cm³/mol. The number of aromatic carboxylic acids is 1. The van der Waals surface area contributed by atoms with Crippen molar-refractivity contribution in [2.75, 3.05) is 0 Å². The van der Waals surface area contributed by atoms with Crippen LogP contribution in [0.4, 0.5) is 0 Å². The lowest BCUT2D eigenvalue weighted by atomic mass is 9.93. The summed E-state index contributed by atoms with van der Waals surface area (Å²) in [5.41, 5.74) is 1.82. The van der Waals surface area contributed by atoms with Crippen LogP contribution in [-0.2, 0) is 11.8 Å². The molecule has 0 unspecified atom stereocenters. The van der Waals surface area contributed by atoms with E-state index in [-0.39, 0.29) is 5.41 Å². The molecule has 17 heavy (non-hydrogen) atoms. The summed E-state index contributed by atoms with van der Waals surface area (Å²) < 4.78 is 1.91. The van der Waals surface area contributed by atoms with Crippen LogP contribution in [-0.4, -0.2) is 20.5 Å². The normalized spacial score (nSPS) is 12.2. The molecule has 0 saturated carbocycles. The summed E-state index contributed by atoms with van der Waals surface area (Å²) in [5, 5.41) is 9.11. The monoisotopic (exact) mass is 252 g/mol. The highest BCUT2D eigenvalue weighted by molar-refractivity contribution is 7.19. The number of thiazole rings is 1. The second-order valence-electron chi connectivity index (χ2n) is 5.07. The van der Waals surface area contributed by atoms with Gasteiger partial charge in [-0.1, -0.05) is 39.0 Å². The van der Waals surface area contributed by atoms with Crippen LogP contribution in [0.15, 0.2) is 6.20 Å². The first-order valence-electron chi connectivity index (χ1n) is 5.59. The molecule has 2 aromatic heterocycles. The summed E-state index contributed by atoms with van der Waals surface area (Å²) in [6.45, 7) is 8.26. The highest BCUT2D eigenvalue weighted by Crippen LogP contribution is 2.28. The number of aromatic nitrogens is 2. The lowest BCUT2D eigenvalue weighted by Gasteiger charge is -2.13. The number of carboxylic acids is 1. The predicted octanol–water partition coefficient (Wildman–Crippen LogP) is 2.95. The van der Waals surface area contributed by atoms with Crippen LogP contribution in [0.3, 0.4) is 0 Å². The summed E-state index contributed by atoms with van der Waals surface area (Å²) in [5.74, 6) is -0.866. The molecule has 1 N–H and O–H groups in total. The fraction of sp³-hybridized carbons (Fsp3) is 0.500. The number of carbonyl (C=O) groups is 1. The van der Waals surface area contributed by atoms with Crippen molar-refractivity contribution in [1.29, 1.82) is 0 Å². The number of hydrogen-bond acceptors (Lipinski definition) is 3. The summed E-state index contributed by atoms with van der Waals surface area (Å²) >= 11 is 1.25. The van der Waals surface area contributed by atoms with Crippen molar-refractivity contribution in [3.63, 3.8) is 0 Å². The minimum absolute atomic E-state index is 0.0138. The van der Waals surface area contributed by atoms with Gasteiger partial charge in [0, 0.05) is 17.3 Å². The van der Waals surface area contributed by atoms with Crippen LogP contribution in [0.5, 0.6) is 0 Å². The smallest absolute Gasteiger partial charge is 0.347 e. The van der Waals surface area contributed by atoms with E-state index in [4.69, 9.17) is 5.11 Å². The molecule has 0 aromatic carbocycles. The molecule has 0 spiro atoms. The molecule has 2 rings (SSSR count). The maximum atomic E-state index is 11.1. The van der Waals surface area contributed by atoms with E-state index in [1.807, 2.05) is 17.5 Å². The Bertz CT molecular complexity index is 575. The third-order valence-corrected chi connectivity index (χ3v) is 3.80. The Kier molecular flexibility index (Phi) is 2.73. The molecule has 0 aliphatic heterocycles. The lowest BCUT2D eigenvalue weighted by molar-refractivity contribution is 0.0700. The molecule has 0 radical (unpaired) electrons. The average Bonchev–Trinajstić information content (AvgIpc) is 2.71. The Morgan fingerprint density at radius 2 is 2.18 bits per heavy atom. The zero-order valence-electron chi connectivity index (χ0n) is 10.4. The average molecular weight is 252 g/mol. The zero-order chi connectivity index (χ0) is 12.8. The molecular formula is C12H16N2O2S. The van der Waals surface area contributed by atoms with Gasteiger partial charge < -0.3 is 5.11 Å². The van der Waals surface area contributed by atoms with Gasteiger partial charge in [0.15, 0.2) is 4.96 Å². The third-order valence-electron chi connectivity index (χ3n) is 2.72.